The largest absolute Gasteiger partial charge is 0.489 e. The smallest absolute Gasteiger partial charge is 0.303 e. The van der Waals surface area contributed by atoms with Crippen LogP contribution in [0.4, 0.5) is 0 Å². The number of allylic oxidation sites excluding steroid dienone is 2. The molecule has 0 unspecified atom stereocenters. The van der Waals surface area contributed by atoms with Crippen molar-refractivity contribution < 1.29 is 29.0 Å². The van der Waals surface area contributed by atoms with Crippen molar-refractivity contribution in [1.82, 2.24) is 0 Å². The van der Waals surface area contributed by atoms with E-state index in [4.69, 9.17) is 14.6 Å². The van der Waals surface area contributed by atoms with Crippen LogP contribution in [0.5, 0.6) is 0 Å². The highest BCUT2D eigenvalue weighted by Gasteiger charge is 2.34. The Morgan fingerprint density at radius 1 is 1.11 bits per heavy atom. The lowest BCUT2D eigenvalue weighted by molar-refractivity contribution is -0.137. The molecule has 6 nitrogen and oxygen atoms in total. The number of carbonyl (C=O) groups is 3. The van der Waals surface area contributed by atoms with Crippen LogP contribution in [-0.4, -0.2) is 36.9 Å². The highest BCUT2D eigenvalue weighted by atomic mass is 16.5. The van der Waals surface area contributed by atoms with Crippen LogP contribution in [0.3, 0.4) is 0 Å². The van der Waals surface area contributed by atoms with Crippen LogP contribution in [0.1, 0.15) is 19.8 Å². The molecule has 0 aliphatic heterocycles. The van der Waals surface area contributed by atoms with Crippen LogP contribution in [-0.2, 0) is 23.9 Å². The van der Waals surface area contributed by atoms with E-state index in [1.54, 1.807) is 0 Å². The zero-order valence-corrected chi connectivity index (χ0v) is 10.4. The third-order valence-corrected chi connectivity index (χ3v) is 2.68. The third kappa shape index (κ3) is 2.42. The number of aliphatic carboxylic acids is 1. The summed E-state index contributed by atoms with van der Waals surface area (Å²) in [6.45, 7) is 1.48. The molecule has 0 radical (unpaired) electrons. The van der Waals surface area contributed by atoms with Crippen molar-refractivity contribution in [3.8, 4) is 0 Å². The van der Waals surface area contributed by atoms with E-state index in [9.17, 15) is 14.4 Å². The zero-order valence-electron chi connectivity index (χ0n) is 10.4. The molecule has 18 heavy (non-hydrogen) atoms. The van der Waals surface area contributed by atoms with Gasteiger partial charge in [0.25, 0.3) is 0 Å². The quantitative estimate of drug-likeness (QED) is 0.730. The highest BCUT2D eigenvalue weighted by Crippen LogP contribution is 2.28. The van der Waals surface area contributed by atoms with E-state index in [1.165, 1.54) is 21.1 Å². The lowest BCUT2D eigenvalue weighted by Crippen LogP contribution is -2.25. The predicted molar refractivity (Wildman–Crippen MR) is 60.6 cm³/mol. The molecular formula is C12H14O6. The van der Waals surface area contributed by atoms with E-state index in [-0.39, 0.29) is 35.5 Å². The van der Waals surface area contributed by atoms with Crippen LogP contribution < -0.4 is 0 Å². The van der Waals surface area contributed by atoms with Crippen molar-refractivity contribution in [3.05, 3.63) is 22.7 Å². The van der Waals surface area contributed by atoms with Crippen molar-refractivity contribution in [1.29, 1.82) is 0 Å². The van der Waals surface area contributed by atoms with Gasteiger partial charge in [-0.1, -0.05) is 0 Å². The molecule has 0 saturated heterocycles. The zero-order chi connectivity index (χ0) is 13.9. The summed E-state index contributed by atoms with van der Waals surface area (Å²) < 4.78 is 9.72. The molecule has 98 valence electrons. The summed E-state index contributed by atoms with van der Waals surface area (Å²) in [6.07, 6.45) is -0.222. The van der Waals surface area contributed by atoms with Gasteiger partial charge in [-0.2, -0.15) is 0 Å². The van der Waals surface area contributed by atoms with E-state index in [2.05, 4.69) is 0 Å². The molecule has 0 heterocycles. The van der Waals surface area contributed by atoms with E-state index >= 15 is 0 Å². The molecule has 1 N–H and O–H groups in total. The first-order chi connectivity index (χ1) is 8.43. The number of hydrogen-bond donors (Lipinski definition) is 1. The highest BCUT2D eigenvalue weighted by molar-refractivity contribution is 6.23. The summed E-state index contributed by atoms with van der Waals surface area (Å²) in [6, 6.07) is 0. The van der Waals surface area contributed by atoms with Gasteiger partial charge in [-0.15, -0.1) is 0 Å². The summed E-state index contributed by atoms with van der Waals surface area (Å²) in [5.41, 5.74) is 0.374. The summed E-state index contributed by atoms with van der Waals surface area (Å²) >= 11 is 0. The molecular weight excluding hydrogens is 240 g/mol. The van der Waals surface area contributed by atoms with Crippen LogP contribution in [0.25, 0.3) is 0 Å². The first-order valence-electron chi connectivity index (χ1n) is 5.27. The molecule has 0 aromatic heterocycles. The Morgan fingerprint density at radius 2 is 1.61 bits per heavy atom. The number of carboxylic acid groups (broad SMARTS) is 1. The fourth-order valence-electron chi connectivity index (χ4n) is 1.72. The molecule has 0 aromatic rings. The first-order valence-corrected chi connectivity index (χ1v) is 5.27. The summed E-state index contributed by atoms with van der Waals surface area (Å²) in [5.74, 6) is -2.29. The van der Waals surface area contributed by atoms with Gasteiger partial charge >= 0.3 is 5.97 Å². The molecule has 0 amide bonds. The van der Waals surface area contributed by atoms with Gasteiger partial charge in [0.2, 0.25) is 23.1 Å². The fourth-order valence-corrected chi connectivity index (χ4v) is 1.72. The molecule has 0 fully saturated rings. The van der Waals surface area contributed by atoms with E-state index in [0.29, 0.717) is 0 Å². The number of methoxy groups -OCH3 is 2. The number of ketones is 2. The van der Waals surface area contributed by atoms with Crippen molar-refractivity contribution in [2.24, 2.45) is 0 Å². The van der Waals surface area contributed by atoms with Crippen molar-refractivity contribution in [2.75, 3.05) is 14.2 Å². The van der Waals surface area contributed by atoms with Gasteiger partial charge in [-0.05, 0) is 13.3 Å². The second-order valence-corrected chi connectivity index (χ2v) is 3.72. The Morgan fingerprint density at radius 3 is 2.06 bits per heavy atom. The van der Waals surface area contributed by atoms with Gasteiger partial charge in [0.05, 0.1) is 14.2 Å². The molecule has 6 heteroatoms. The monoisotopic (exact) mass is 254 g/mol. The first kappa shape index (κ1) is 14.0. The molecule has 0 aromatic carbocycles. The Balaban J connectivity index is 3.14. The Hall–Kier alpha value is -2.11. The lowest BCUT2D eigenvalue weighted by atomic mass is 9.90. The van der Waals surface area contributed by atoms with Gasteiger partial charge in [0, 0.05) is 17.6 Å². The topological polar surface area (TPSA) is 89.9 Å². The summed E-state index contributed by atoms with van der Waals surface area (Å²) in [5, 5.41) is 8.62. The Bertz CT molecular complexity index is 469. The number of carboxylic acids is 1. The molecule has 0 saturated carbocycles. The molecule has 0 atom stereocenters. The minimum Gasteiger partial charge on any atom is -0.489 e. The van der Waals surface area contributed by atoms with E-state index in [0.717, 1.165) is 0 Å². The Kier molecular flexibility index (Phi) is 4.25. The molecule has 1 aliphatic carbocycles. The van der Waals surface area contributed by atoms with Crippen molar-refractivity contribution in [3.63, 3.8) is 0 Å². The number of carbonyl (C=O) groups excluding carboxylic acids is 2. The average molecular weight is 254 g/mol. The number of Topliss-reactive ketones (excluding diaryl/α,β-unsaturated/α-hetero) is 2. The van der Waals surface area contributed by atoms with Crippen molar-refractivity contribution in [2.45, 2.75) is 19.8 Å². The number of rotatable bonds is 5. The SMILES string of the molecule is COC1=C(OC)C(=O)C(CCC(=O)O)=C(C)C1=O. The molecule has 0 bridgehead atoms. The lowest BCUT2D eigenvalue weighted by Gasteiger charge is -2.19. The average Bonchev–Trinajstić information content (AvgIpc) is 2.32. The maximum atomic E-state index is 12.0. The van der Waals surface area contributed by atoms with E-state index in [1.807, 2.05) is 0 Å². The fraction of sp³-hybridized carbons (Fsp3) is 0.417. The second kappa shape index (κ2) is 5.48. The normalized spacial score (nSPS) is 16.2. The molecule has 1 aliphatic rings. The van der Waals surface area contributed by atoms with Gasteiger partial charge in [-0.25, -0.2) is 0 Å². The van der Waals surface area contributed by atoms with Gasteiger partial charge < -0.3 is 14.6 Å². The van der Waals surface area contributed by atoms with Crippen LogP contribution in [0.15, 0.2) is 22.7 Å². The maximum absolute atomic E-state index is 12.0. The second-order valence-electron chi connectivity index (χ2n) is 3.72. The number of ether oxygens (including phenoxy) is 2. The summed E-state index contributed by atoms with van der Waals surface area (Å²) in [7, 11) is 2.53. The van der Waals surface area contributed by atoms with Gasteiger partial charge in [-0.3, -0.25) is 14.4 Å². The van der Waals surface area contributed by atoms with Crippen LogP contribution in [0.2, 0.25) is 0 Å². The van der Waals surface area contributed by atoms with Gasteiger partial charge in [0.1, 0.15) is 0 Å². The van der Waals surface area contributed by atoms with Crippen LogP contribution in [0, 0.1) is 0 Å². The minimum atomic E-state index is -1.03. The standard InChI is InChI=1S/C12H14O6/c1-6-7(4-5-8(13)14)10(16)12(18-3)11(17-2)9(6)15/h4-5H2,1-3H3,(H,13,14). The van der Waals surface area contributed by atoms with E-state index < -0.39 is 17.5 Å². The molecule has 1 rings (SSSR count). The predicted octanol–water partition coefficient (Wildman–Crippen LogP) is 0.824. The van der Waals surface area contributed by atoms with Crippen molar-refractivity contribution >= 4 is 17.5 Å². The summed E-state index contributed by atoms with van der Waals surface area (Å²) in [4.78, 5) is 34.5. The third-order valence-electron chi connectivity index (χ3n) is 2.68. The minimum absolute atomic E-state index is 0.00437. The molecule has 0 spiro atoms. The Labute approximate surface area is 104 Å². The maximum Gasteiger partial charge on any atom is 0.303 e. The number of hydrogen-bond acceptors (Lipinski definition) is 5. The van der Waals surface area contributed by atoms with Crippen LogP contribution >= 0.6 is 0 Å². The van der Waals surface area contributed by atoms with Gasteiger partial charge in [0.15, 0.2) is 0 Å².